The van der Waals surface area contributed by atoms with Gasteiger partial charge in [0, 0.05) is 28.2 Å². The van der Waals surface area contributed by atoms with E-state index < -0.39 is 0 Å². The van der Waals surface area contributed by atoms with Crippen LogP contribution in [0, 0.1) is 0 Å². The van der Waals surface area contributed by atoms with Crippen molar-refractivity contribution in [1.29, 1.82) is 0 Å². The smallest absolute Gasteiger partial charge is 0.0598 e. The van der Waals surface area contributed by atoms with Crippen molar-refractivity contribution in [2.24, 2.45) is 0 Å². The van der Waals surface area contributed by atoms with Crippen LogP contribution in [0.1, 0.15) is 41.5 Å². The Balaban J connectivity index is -0.000000328. The third-order valence-corrected chi connectivity index (χ3v) is 1.85. The molecule has 0 saturated carbocycles. The first-order chi connectivity index (χ1) is 8.63. The summed E-state index contributed by atoms with van der Waals surface area (Å²) in [6, 6.07) is 8.36. The largest absolute Gasteiger partial charge is 0.376 e. The predicted molar refractivity (Wildman–Crippen MR) is 89.1 cm³/mol. The molecular formula is C16H34N2. The van der Waals surface area contributed by atoms with Gasteiger partial charge in [-0.2, -0.15) is 0 Å². The summed E-state index contributed by atoms with van der Waals surface area (Å²) in [6.45, 7) is 12.0. The molecule has 1 aromatic carbocycles. The molecule has 0 N–H and O–H groups in total. The highest BCUT2D eigenvalue weighted by Crippen LogP contribution is 2.25. The fourth-order valence-electron chi connectivity index (χ4n) is 1.22. The minimum Gasteiger partial charge on any atom is -0.376 e. The van der Waals surface area contributed by atoms with Crippen LogP contribution < -0.4 is 9.80 Å². The second-order valence-electron chi connectivity index (χ2n) is 3.28. The molecule has 0 aliphatic carbocycles. The van der Waals surface area contributed by atoms with E-state index >= 15 is 0 Å². The zero-order valence-corrected chi connectivity index (χ0v) is 14.2. The summed E-state index contributed by atoms with van der Waals surface area (Å²) in [4.78, 5) is 4.24. The Hall–Kier alpha value is -1.18. The highest BCUT2D eigenvalue weighted by atomic mass is 15.1. The number of rotatable bonds is 2. The van der Waals surface area contributed by atoms with Crippen LogP contribution in [-0.2, 0) is 0 Å². The third kappa shape index (κ3) is 8.91. The van der Waals surface area contributed by atoms with Gasteiger partial charge < -0.3 is 9.80 Å². The zero-order chi connectivity index (χ0) is 15.1. The van der Waals surface area contributed by atoms with Crippen molar-refractivity contribution in [1.82, 2.24) is 0 Å². The molecule has 0 bridgehead atoms. The monoisotopic (exact) mass is 254 g/mol. The van der Waals surface area contributed by atoms with E-state index in [0.29, 0.717) is 0 Å². The highest BCUT2D eigenvalue weighted by molar-refractivity contribution is 5.70. The topological polar surface area (TPSA) is 6.48 Å². The molecular weight excluding hydrogens is 220 g/mol. The van der Waals surface area contributed by atoms with Crippen molar-refractivity contribution in [3.05, 3.63) is 24.3 Å². The Morgan fingerprint density at radius 3 is 0.944 bits per heavy atom. The molecule has 0 spiro atoms. The summed E-state index contributed by atoms with van der Waals surface area (Å²) < 4.78 is 0. The van der Waals surface area contributed by atoms with Gasteiger partial charge in [-0.25, -0.2) is 0 Å². The van der Waals surface area contributed by atoms with Crippen LogP contribution in [0.3, 0.4) is 0 Å². The van der Waals surface area contributed by atoms with Crippen molar-refractivity contribution in [3.63, 3.8) is 0 Å². The Labute approximate surface area is 116 Å². The lowest BCUT2D eigenvalue weighted by molar-refractivity contribution is 1.08. The van der Waals surface area contributed by atoms with Gasteiger partial charge in [0.25, 0.3) is 0 Å². The van der Waals surface area contributed by atoms with E-state index in [9.17, 15) is 0 Å². The van der Waals surface area contributed by atoms with Crippen LogP contribution in [0.2, 0.25) is 0 Å². The summed E-state index contributed by atoms with van der Waals surface area (Å²) in [5, 5.41) is 0. The van der Waals surface area contributed by atoms with E-state index in [-0.39, 0.29) is 0 Å². The molecule has 0 aliphatic heterocycles. The molecule has 0 amide bonds. The maximum Gasteiger partial charge on any atom is 0.0598 e. The first-order valence-corrected chi connectivity index (χ1v) is 7.06. The molecule has 2 nitrogen and oxygen atoms in total. The molecule has 0 unspecified atom stereocenters. The number of nitrogens with zero attached hydrogens (tertiary/aromatic N) is 2. The molecule has 0 atom stereocenters. The second-order valence-corrected chi connectivity index (χ2v) is 3.28. The Kier molecular flexibility index (Phi) is 19.4. The quantitative estimate of drug-likeness (QED) is 0.741. The molecule has 0 fully saturated rings. The Morgan fingerprint density at radius 2 is 0.778 bits per heavy atom. The van der Waals surface area contributed by atoms with Gasteiger partial charge in [-0.05, 0) is 12.1 Å². The molecule has 18 heavy (non-hydrogen) atoms. The SMILES string of the molecule is CC.CC.CC.CN(C)c1ccccc1N(C)C. The van der Waals surface area contributed by atoms with Crippen molar-refractivity contribution in [2.75, 3.05) is 38.0 Å². The van der Waals surface area contributed by atoms with E-state index in [0.717, 1.165) is 0 Å². The van der Waals surface area contributed by atoms with Gasteiger partial charge in [-0.15, -0.1) is 0 Å². The van der Waals surface area contributed by atoms with Crippen LogP contribution in [0.15, 0.2) is 24.3 Å². The molecule has 0 saturated heterocycles. The summed E-state index contributed by atoms with van der Waals surface area (Å²) in [7, 11) is 8.23. The first-order valence-electron chi connectivity index (χ1n) is 7.06. The van der Waals surface area contributed by atoms with Crippen LogP contribution in [0.25, 0.3) is 0 Å². The van der Waals surface area contributed by atoms with Crippen molar-refractivity contribution < 1.29 is 0 Å². The third-order valence-electron chi connectivity index (χ3n) is 1.85. The number of hydrogen-bond acceptors (Lipinski definition) is 2. The summed E-state index contributed by atoms with van der Waals surface area (Å²) in [5.74, 6) is 0. The van der Waals surface area contributed by atoms with Crippen molar-refractivity contribution in [2.45, 2.75) is 41.5 Å². The molecule has 2 heteroatoms. The van der Waals surface area contributed by atoms with Crippen LogP contribution in [0.5, 0.6) is 0 Å². The van der Waals surface area contributed by atoms with Crippen LogP contribution in [-0.4, -0.2) is 28.2 Å². The molecule has 1 aromatic rings. The van der Waals surface area contributed by atoms with Gasteiger partial charge >= 0.3 is 0 Å². The molecule has 108 valence electrons. The van der Waals surface area contributed by atoms with Crippen LogP contribution in [0.4, 0.5) is 11.4 Å². The van der Waals surface area contributed by atoms with E-state index in [1.165, 1.54) is 11.4 Å². The normalized spacial score (nSPS) is 7.44. The molecule has 1 rings (SSSR count). The highest BCUT2D eigenvalue weighted by Gasteiger charge is 2.03. The molecule has 0 heterocycles. The maximum absolute atomic E-state index is 2.12. The van der Waals surface area contributed by atoms with E-state index in [4.69, 9.17) is 0 Å². The number of hydrogen-bond donors (Lipinski definition) is 0. The lowest BCUT2D eigenvalue weighted by Gasteiger charge is -2.22. The van der Waals surface area contributed by atoms with Crippen molar-refractivity contribution >= 4 is 11.4 Å². The fourth-order valence-corrected chi connectivity index (χ4v) is 1.22. The summed E-state index contributed by atoms with van der Waals surface area (Å²) in [5.41, 5.74) is 2.50. The lowest BCUT2D eigenvalue weighted by Crippen LogP contribution is -2.16. The second kappa shape index (κ2) is 15.8. The Bertz CT molecular complexity index is 228. The van der Waals surface area contributed by atoms with Gasteiger partial charge in [-0.1, -0.05) is 53.7 Å². The van der Waals surface area contributed by atoms with Gasteiger partial charge in [0.05, 0.1) is 11.4 Å². The average Bonchev–Trinajstić information content (AvgIpc) is 2.45. The fraction of sp³-hybridized carbons (Fsp3) is 0.625. The number of anilines is 2. The number of benzene rings is 1. The van der Waals surface area contributed by atoms with Gasteiger partial charge in [0.2, 0.25) is 0 Å². The predicted octanol–water partition coefficient (Wildman–Crippen LogP) is 4.90. The van der Waals surface area contributed by atoms with Gasteiger partial charge in [-0.3, -0.25) is 0 Å². The lowest BCUT2D eigenvalue weighted by atomic mass is 10.2. The Morgan fingerprint density at radius 1 is 0.556 bits per heavy atom. The van der Waals surface area contributed by atoms with Gasteiger partial charge in [0.1, 0.15) is 0 Å². The molecule has 0 radical (unpaired) electrons. The van der Waals surface area contributed by atoms with Crippen LogP contribution >= 0.6 is 0 Å². The summed E-state index contributed by atoms with van der Waals surface area (Å²) in [6.07, 6.45) is 0. The minimum atomic E-state index is 1.25. The average molecular weight is 254 g/mol. The standard InChI is InChI=1S/C10H16N2.3C2H6/c1-11(2)9-7-5-6-8-10(9)12(3)4;3*1-2/h5-8H,1-4H3;3*1-2H3. The number of para-hydroxylation sites is 2. The van der Waals surface area contributed by atoms with Crippen molar-refractivity contribution in [3.8, 4) is 0 Å². The van der Waals surface area contributed by atoms with E-state index in [2.05, 4.69) is 62.3 Å². The van der Waals surface area contributed by atoms with E-state index in [1.54, 1.807) is 0 Å². The molecule has 0 aliphatic rings. The van der Waals surface area contributed by atoms with Gasteiger partial charge in [0.15, 0.2) is 0 Å². The zero-order valence-electron chi connectivity index (χ0n) is 14.2. The maximum atomic E-state index is 2.12. The summed E-state index contributed by atoms with van der Waals surface area (Å²) >= 11 is 0. The molecule has 0 aromatic heterocycles. The minimum absolute atomic E-state index is 1.25. The van der Waals surface area contributed by atoms with E-state index in [1.807, 2.05) is 41.5 Å². The first kappa shape index (κ1) is 22.0.